The Bertz CT molecular complexity index is 1380. The van der Waals surface area contributed by atoms with Crippen molar-refractivity contribution in [2.24, 2.45) is 13.0 Å². The number of anilines is 3. The van der Waals surface area contributed by atoms with E-state index in [4.69, 9.17) is 0 Å². The monoisotopic (exact) mass is 562 g/mol. The van der Waals surface area contributed by atoms with E-state index >= 15 is 0 Å². The molecule has 2 aromatic carbocycles. The quantitative estimate of drug-likeness (QED) is 0.424. The molecule has 0 unspecified atom stereocenters. The van der Waals surface area contributed by atoms with Crippen LogP contribution in [0.1, 0.15) is 59.2 Å². The van der Waals surface area contributed by atoms with E-state index < -0.39 is 0 Å². The van der Waals surface area contributed by atoms with E-state index in [2.05, 4.69) is 20.6 Å². The van der Waals surface area contributed by atoms with E-state index in [9.17, 15) is 9.59 Å². The van der Waals surface area contributed by atoms with Gasteiger partial charge in [-0.25, -0.2) is 0 Å². The Morgan fingerprint density at radius 1 is 1.07 bits per heavy atom. The highest BCUT2D eigenvalue weighted by Crippen LogP contribution is 2.36. The number of carbonyl (C=O) groups is 2. The van der Waals surface area contributed by atoms with Crippen LogP contribution in [0.4, 0.5) is 17.2 Å². The topological polar surface area (TPSA) is 82.5 Å². The number of para-hydroxylation sites is 2. The first-order valence-corrected chi connectivity index (χ1v) is 14.3. The molecule has 2 aliphatic heterocycles. The van der Waals surface area contributed by atoms with Crippen LogP contribution in [0.2, 0.25) is 0 Å². The summed E-state index contributed by atoms with van der Waals surface area (Å²) < 4.78 is 1.80. The largest absolute Gasteiger partial charge is 0.339 e. The van der Waals surface area contributed by atoms with Gasteiger partial charge < -0.3 is 20.4 Å². The summed E-state index contributed by atoms with van der Waals surface area (Å²) in [5.74, 6) is 1.74. The van der Waals surface area contributed by atoms with Crippen molar-refractivity contribution in [1.82, 2.24) is 20.0 Å². The van der Waals surface area contributed by atoms with Crippen LogP contribution in [0.25, 0.3) is 0 Å². The molecule has 0 bridgehead atoms. The number of nitrogens with one attached hydrogen (secondary N) is 2. The smallest absolute Gasteiger partial charge is 0.258 e. The summed E-state index contributed by atoms with van der Waals surface area (Å²) in [6.07, 6.45) is 7.63. The number of rotatable bonds is 7. The fraction of sp³-hybridized carbons (Fsp3) is 0.452. The maximum Gasteiger partial charge on any atom is 0.258 e. The first-order chi connectivity index (χ1) is 19.0. The van der Waals surface area contributed by atoms with Crippen molar-refractivity contribution < 1.29 is 9.59 Å². The molecule has 0 atom stereocenters. The summed E-state index contributed by atoms with van der Waals surface area (Å²) >= 11 is 0. The van der Waals surface area contributed by atoms with Crippen molar-refractivity contribution >= 4 is 41.4 Å². The minimum absolute atomic E-state index is 0. The number of halogens is 1. The number of aryl methyl sites for hydroxylation is 3. The van der Waals surface area contributed by atoms with Crippen molar-refractivity contribution in [3.8, 4) is 0 Å². The Morgan fingerprint density at radius 2 is 1.85 bits per heavy atom. The van der Waals surface area contributed by atoms with Gasteiger partial charge in [-0.2, -0.15) is 5.10 Å². The fourth-order valence-corrected chi connectivity index (χ4v) is 5.97. The molecular formula is C31H39ClN6O2. The van der Waals surface area contributed by atoms with E-state index in [1.807, 2.05) is 67.5 Å². The molecule has 3 heterocycles. The molecule has 3 aliphatic rings. The van der Waals surface area contributed by atoms with Crippen LogP contribution in [0.3, 0.4) is 0 Å². The van der Waals surface area contributed by atoms with E-state index in [1.165, 1.54) is 0 Å². The standard InChI is InChI=1S/C31H38N6O2.ClH/c1-21-17-24(31(39)37-20-25-18-33-35(2)30(25)34-27-5-3-4-6-28(27)37)8-7-23(21)9-12-29(38)36(26-10-11-26)19-22-13-15-32-16-14-22;/h3-8,17-18,22,26,32,34H,9-16,19-20H2,1-2H3;1H. The van der Waals surface area contributed by atoms with E-state index in [0.29, 0.717) is 36.9 Å². The van der Waals surface area contributed by atoms with Gasteiger partial charge in [0.15, 0.2) is 0 Å². The maximum absolute atomic E-state index is 13.8. The zero-order valence-corrected chi connectivity index (χ0v) is 24.2. The molecule has 8 nitrogen and oxygen atoms in total. The molecule has 2 fully saturated rings. The minimum Gasteiger partial charge on any atom is -0.339 e. The molecule has 2 amide bonds. The number of fused-ring (bicyclic) bond motifs is 2. The van der Waals surface area contributed by atoms with Crippen molar-refractivity contribution in [2.75, 3.05) is 29.9 Å². The van der Waals surface area contributed by atoms with Crippen LogP contribution in [0, 0.1) is 12.8 Å². The predicted octanol–water partition coefficient (Wildman–Crippen LogP) is 4.98. The lowest BCUT2D eigenvalue weighted by Gasteiger charge is -2.30. The summed E-state index contributed by atoms with van der Waals surface area (Å²) in [4.78, 5) is 31.1. The van der Waals surface area contributed by atoms with E-state index in [1.54, 1.807) is 4.68 Å². The summed E-state index contributed by atoms with van der Waals surface area (Å²) in [6, 6.07) is 14.2. The van der Waals surface area contributed by atoms with Crippen molar-refractivity contribution in [3.63, 3.8) is 0 Å². The maximum atomic E-state index is 13.8. The highest BCUT2D eigenvalue weighted by Gasteiger charge is 2.34. The Hall–Kier alpha value is -3.36. The molecule has 212 valence electrons. The zero-order chi connectivity index (χ0) is 26.9. The number of benzene rings is 2. The first kappa shape index (κ1) is 28.2. The van der Waals surface area contributed by atoms with Gasteiger partial charge >= 0.3 is 0 Å². The average Bonchev–Trinajstić information content (AvgIpc) is 3.76. The number of hydrogen-bond donors (Lipinski definition) is 2. The Kier molecular flexibility index (Phi) is 8.47. The van der Waals surface area contributed by atoms with Crippen LogP contribution < -0.4 is 15.5 Å². The zero-order valence-electron chi connectivity index (χ0n) is 23.4. The molecule has 1 saturated heterocycles. The van der Waals surface area contributed by atoms with Gasteiger partial charge in [-0.15, -0.1) is 12.4 Å². The van der Waals surface area contributed by atoms with Gasteiger partial charge in [0.1, 0.15) is 5.82 Å². The minimum atomic E-state index is -0.0476. The highest BCUT2D eigenvalue weighted by atomic mass is 35.5. The van der Waals surface area contributed by atoms with Crippen molar-refractivity contribution in [2.45, 2.75) is 58.0 Å². The lowest BCUT2D eigenvalue weighted by Crippen LogP contribution is -2.40. The second kappa shape index (κ2) is 12.0. The lowest BCUT2D eigenvalue weighted by molar-refractivity contribution is -0.132. The van der Waals surface area contributed by atoms with Gasteiger partial charge in [0, 0.05) is 37.2 Å². The van der Waals surface area contributed by atoms with Crippen LogP contribution in [-0.4, -0.2) is 52.2 Å². The second-order valence-electron chi connectivity index (χ2n) is 11.3. The average molecular weight is 563 g/mol. The highest BCUT2D eigenvalue weighted by molar-refractivity contribution is 6.08. The molecule has 3 aromatic rings. The van der Waals surface area contributed by atoms with Gasteiger partial charge in [0.25, 0.3) is 5.91 Å². The normalized spacial score (nSPS) is 16.7. The van der Waals surface area contributed by atoms with E-state index in [0.717, 1.165) is 79.2 Å². The number of amides is 2. The lowest BCUT2D eigenvalue weighted by atomic mass is 9.96. The summed E-state index contributed by atoms with van der Waals surface area (Å²) in [7, 11) is 1.90. The number of aromatic nitrogens is 2. The first-order valence-electron chi connectivity index (χ1n) is 14.3. The second-order valence-corrected chi connectivity index (χ2v) is 11.3. The predicted molar refractivity (Wildman–Crippen MR) is 161 cm³/mol. The number of carbonyl (C=O) groups excluding carboxylic acids is 2. The van der Waals surface area contributed by atoms with Gasteiger partial charge in [0.05, 0.1) is 24.1 Å². The number of piperidine rings is 1. The molecule has 6 rings (SSSR count). The van der Waals surface area contributed by atoms with E-state index in [-0.39, 0.29) is 24.2 Å². The van der Waals surface area contributed by atoms with Crippen LogP contribution in [0.5, 0.6) is 0 Å². The molecule has 40 heavy (non-hydrogen) atoms. The molecule has 0 spiro atoms. The molecule has 2 N–H and O–H groups in total. The van der Waals surface area contributed by atoms with Crippen molar-refractivity contribution in [1.29, 1.82) is 0 Å². The number of nitrogens with zero attached hydrogens (tertiary/aromatic N) is 4. The molecule has 0 radical (unpaired) electrons. The van der Waals surface area contributed by atoms with Crippen molar-refractivity contribution in [3.05, 3.63) is 70.9 Å². The van der Waals surface area contributed by atoms with Gasteiger partial charge in [-0.05, 0) is 93.4 Å². The molecule has 9 heteroatoms. The third-order valence-corrected chi connectivity index (χ3v) is 8.46. The number of hydrogen-bond acceptors (Lipinski definition) is 5. The van der Waals surface area contributed by atoms with Gasteiger partial charge in [-0.1, -0.05) is 18.2 Å². The molecule has 1 saturated carbocycles. The molecule has 1 aromatic heterocycles. The summed E-state index contributed by atoms with van der Waals surface area (Å²) in [5, 5.41) is 11.3. The third kappa shape index (κ3) is 5.88. The Balaban J connectivity index is 0.00000323. The summed E-state index contributed by atoms with van der Waals surface area (Å²) in [6.45, 7) is 5.51. The van der Waals surface area contributed by atoms with Crippen LogP contribution in [0.15, 0.2) is 48.7 Å². The Morgan fingerprint density at radius 3 is 2.60 bits per heavy atom. The Labute approximate surface area is 242 Å². The third-order valence-electron chi connectivity index (χ3n) is 8.46. The van der Waals surface area contributed by atoms with Crippen LogP contribution >= 0.6 is 12.4 Å². The van der Waals surface area contributed by atoms with Gasteiger partial charge in [0.2, 0.25) is 5.91 Å². The SMILES string of the molecule is Cc1cc(C(=O)N2Cc3cnn(C)c3Nc3ccccc32)ccc1CCC(=O)N(CC1CCNCC1)C1CC1.Cl. The van der Waals surface area contributed by atoms with Gasteiger partial charge in [-0.3, -0.25) is 14.3 Å². The fourth-order valence-electron chi connectivity index (χ4n) is 5.97. The summed E-state index contributed by atoms with van der Waals surface area (Å²) in [5.41, 5.74) is 5.52. The van der Waals surface area contributed by atoms with Crippen LogP contribution in [-0.2, 0) is 24.8 Å². The molecule has 1 aliphatic carbocycles. The molecular weight excluding hydrogens is 524 g/mol.